The fourth-order valence-corrected chi connectivity index (χ4v) is 4.17. The number of nitrogens with zero attached hydrogens (tertiary/aromatic N) is 3. The predicted octanol–water partition coefficient (Wildman–Crippen LogP) is 5.30. The molecule has 0 aliphatic carbocycles. The average Bonchev–Trinajstić information content (AvgIpc) is 3.18. The van der Waals surface area contributed by atoms with Gasteiger partial charge in [0, 0.05) is 17.3 Å². The van der Waals surface area contributed by atoms with Crippen LogP contribution in [0.15, 0.2) is 60.3 Å². The Morgan fingerprint density at radius 3 is 2.64 bits per heavy atom. The van der Waals surface area contributed by atoms with E-state index in [1.165, 1.54) is 11.8 Å². The van der Waals surface area contributed by atoms with Crippen LogP contribution < -0.4 is 10.6 Å². The Balaban J connectivity index is 1.67. The summed E-state index contributed by atoms with van der Waals surface area (Å²) in [5, 5.41) is 15.6. The highest BCUT2D eigenvalue weighted by Crippen LogP contribution is 2.23. The van der Waals surface area contributed by atoms with Gasteiger partial charge in [-0.05, 0) is 43.7 Å². The van der Waals surface area contributed by atoms with Gasteiger partial charge >= 0.3 is 0 Å². The summed E-state index contributed by atoms with van der Waals surface area (Å²) in [5.41, 5.74) is 1.94. The molecule has 0 radical (unpaired) electrons. The van der Waals surface area contributed by atoms with Crippen LogP contribution in [-0.2, 0) is 11.3 Å². The number of anilines is 1. The van der Waals surface area contributed by atoms with Crippen LogP contribution in [0.3, 0.4) is 0 Å². The average molecular weight is 504 g/mol. The number of halogens is 2. The Hall–Kier alpha value is -2.81. The molecule has 1 atom stereocenters. The van der Waals surface area contributed by atoms with Gasteiger partial charge in [-0.25, -0.2) is 0 Å². The molecule has 1 aromatic heterocycles. The fraction of sp³-hybridized carbons (Fsp3) is 0.217. The van der Waals surface area contributed by atoms with E-state index >= 15 is 0 Å². The van der Waals surface area contributed by atoms with Crippen LogP contribution in [0.5, 0.6) is 0 Å². The molecular weight excluding hydrogens is 481 g/mol. The standard InChI is InChI=1S/C23H23Cl2N5O2S/c1-4-11-30-21(15(3)26-22(32)17-7-5-6-8-18(17)24)28-29-23(30)33-13-20(31)27-16-10-9-14(2)19(25)12-16/h4-10,12,15H,1,11,13H2,2-3H3,(H,26,32)(H,27,31)/t15-/m1/s1. The summed E-state index contributed by atoms with van der Waals surface area (Å²) in [6.07, 6.45) is 1.70. The molecule has 0 aliphatic heterocycles. The first-order valence-corrected chi connectivity index (χ1v) is 11.8. The minimum atomic E-state index is -0.445. The quantitative estimate of drug-likeness (QED) is 0.305. The van der Waals surface area contributed by atoms with E-state index in [4.69, 9.17) is 23.2 Å². The van der Waals surface area contributed by atoms with Crippen LogP contribution in [0.25, 0.3) is 0 Å². The van der Waals surface area contributed by atoms with Crippen molar-refractivity contribution in [3.8, 4) is 0 Å². The first-order valence-electron chi connectivity index (χ1n) is 10.1. The molecule has 172 valence electrons. The number of nitrogens with one attached hydrogen (secondary N) is 2. The highest BCUT2D eigenvalue weighted by atomic mass is 35.5. The fourth-order valence-electron chi connectivity index (χ4n) is 3.01. The van der Waals surface area contributed by atoms with Crippen molar-refractivity contribution in [1.29, 1.82) is 0 Å². The van der Waals surface area contributed by atoms with Crippen molar-refractivity contribution in [2.75, 3.05) is 11.1 Å². The van der Waals surface area contributed by atoms with Crippen molar-refractivity contribution < 1.29 is 9.59 Å². The molecule has 0 spiro atoms. The molecule has 0 aliphatic rings. The van der Waals surface area contributed by atoms with E-state index in [2.05, 4.69) is 27.4 Å². The second-order valence-electron chi connectivity index (χ2n) is 7.22. The van der Waals surface area contributed by atoms with Crippen LogP contribution in [0.2, 0.25) is 10.0 Å². The van der Waals surface area contributed by atoms with Crippen LogP contribution >= 0.6 is 35.0 Å². The lowest BCUT2D eigenvalue weighted by Gasteiger charge is -2.15. The van der Waals surface area contributed by atoms with Gasteiger partial charge in [-0.15, -0.1) is 16.8 Å². The highest BCUT2D eigenvalue weighted by molar-refractivity contribution is 7.99. The molecule has 2 N–H and O–H groups in total. The summed E-state index contributed by atoms with van der Waals surface area (Å²) in [5.74, 6) is 0.158. The second kappa shape index (κ2) is 11.4. The topological polar surface area (TPSA) is 88.9 Å². The van der Waals surface area contributed by atoms with Gasteiger partial charge < -0.3 is 15.2 Å². The minimum absolute atomic E-state index is 0.126. The van der Waals surface area contributed by atoms with Crippen LogP contribution in [-0.4, -0.2) is 32.3 Å². The van der Waals surface area contributed by atoms with Gasteiger partial charge in [0.25, 0.3) is 5.91 Å². The number of aromatic nitrogens is 3. The zero-order chi connectivity index (χ0) is 24.0. The first-order chi connectivity index (χ1) is 15.8. The molecule has 33 heavy (non-hydrogen) atoms. The van der Waals surface area contributed by atoms with Crippen molar-refractivity contribution in [2.45, 2.75) is 31.6 Å². The minimum Gasteiger partial charge on any atom is -0.342 e. The van der Waals surface area contributed by atoms with E-state index < -0.39 is 6.04 Å². The Kier molecular flexibility index (Phi) is 8.55. The zero-order valence-electron chi connectivity index (χ0n) is 18.1. The molecule has 0 unspecified atom stereocenters. The summed E-state index contributed by atoms with van der Waals surface area (Å²) in [6, 6.07) is 11.7. The molecule has 1 heterocycles. The lowest BCUT2D eigenvalue weighted by Crippen LogP contribution is -2.29. The number of hydrogen-bond donors (Lipinski definition) is 2. The van der Waals surface area contributed by atoms with Crippen LogP contribution in [0.1, 0.15) is 34.7 Å². The first kappa shape index (κ1) is 24.8. The highest BCUT2D eigenvalue weighted by Gasteiger charge is 2.21. The van der Waals surface area contributed by atoms with E-state index in [0.29, 0.717) is 38.8 Å². The number of hydrogen-bond acceptors (Lipinski definition) is 5. The molecule has 3 aromatic rings. The van der Waals surface area contributed by atoms with Crippen LogP contribution in [0, 0.1) is 6.92 Å². The molecule has 0 fully saturated rings. The largest absolute Gasteiger partial charge is 0.342 e. The van der Waals surface area contributed by atoms with E-state index in [-0.39, 0.29) is 17.6 Å². The maximum absolute atomic E-state index is 12.6. The number of carbonyl (C=O) groups is 2. The third kappa shape index (κ3) is 6.37. The Bertz CT molecular complexity index is 1180. The van der Waals surface area contributed by atoms with Crippen molar-refractivity contribution in [3.63, 3.8) is 0 Å². The molecule has 3 rings (SSSR count). The molecule has 0 saturated carbocycles. The van der Waals surface area contributed by atoms with Crippen molar-refractivity contribution in [3.05, 3.63) is 82.1 Å². The SMILES string of the molecule is C=CCn1c(SCC(=O)Nc2ccc(C)c(Cl)c2)nnc1[C@@H](C)NC(=O)c1ccccc1Cl. The smallest absolute Gasteiger partial charge is 0.253 e. The van der Waals surface area contributed by atoms with E-state index in [1.807, 2.05) is 17.6 Å². The van der Waals surface area contributed by atoms with E-state index in [1.54, 1.807) is 49.4 Å². The zero-order valence-corrected chi connectivity index (χ0v) is 20.5. The molecule has 0 bridgehead atoms. The second-order valence-corrected chi connectivity index (χ2v) is 8.97. The van der Waals surface area contributed by atoms with E-state index in [9.17, 15) is 9.59 Å². The summed E-state index contributed by atoms with van der Waals surface area (Å²) in [7, 11) is 0. The maximum Gasteiger partial charge on any atom is 0.253 e. The molecule has 10 heteroatoms. The van der Waals surface area contributed by atoms with Crippen molar-refractivity contribution >= 4 is 52.5 Å². The number of thioether (sulfide) groups is 1. The maximum atomic E-state index is 12.6. The summed E-state index contributed by atoms with van der Waals surface area (Å²) in [6.45, 7) is 7.90. The van der Waals surface area contributed by atoms with Gasteiger partial charge in [0.15, 0.2) is 11.0 Å². The number of amides is 2. The van der Waals surface area contributed by atoms with Gasteiger partial charge in [-0.1, -0.05) is 59.2 Å². The number of benzene rings is 2. The lowest BCUT2D eigenvalue weighted by atomic mass is 10.2. The van der Waals surface area contributed by atoms with E-state index in [0.717, 1.165) is 5.56 Å². The van der Waals surface area contributed by atoms with Gasteiger partial charge in [0.2, 0.25) is 5.91 Å². The Morgan fingerprint density at radius 2 is 1.94 bits per heavy atom. The third-order valence-electron chi connectivity index (χ3n) is 4.70. The van der Waals surface area contributed by atoms with Gasteiger partial charge in [0.05, 0.1) is 22.4 Å². The summed E-state index contributed by atoms with van der Waals surface area (Å²) < 4.78 is 1.81. The Morgan fingerprint density at radius 1 is 1.18 bits per heavy atom. The van der Waals surface area contributed by atoms with Gasteiger partial charge in [-0.2, -0.15) is 0 Å². The molecular formula is C23H23Cl2N5O2S. The molecule has 2 aromatic carbocycles. The van der Waals surface area contributed by atoms with Crippen molar-refractivity contribution in [2.24, 2.45) is 0 Å². The van der Waals surface area contributed by atoms with Gasteiger partial charge in [0.1, 0.15) is 0 Å². The number of aryl methyl sites for hydroxylation is 1. The lowest BCUT2D eigenvalue weighted by molar-refractivity contribution is -0.113. The molecule has 2 amide bonds. The molecule has 0 saturated heterocycles. The normalized spacial score (nSPS) is 11.6. The number of allylic oxidation sites excluding steroid dienone is 1. The van der Waals surface area contributed by atoms with Crippen molar-refractivity contribution in [1.82, 2.24) is 20.1 Å². The number of rotatable bonds is 9. The summed E-state index contributed by atoms with van der Waals surface area (Å²) in [4.78, 5) is 25.0. The van der Waals surface area contributed by atoms with Crippen LogP contribution in [0.4, 0.5) is 5.69 Å². The third-order valence-corrected chi connectivity index (χ3v) is 6.40. The predicted molar refractivity (Wildman–Crippen MR) is 133 cm³/mol. The number of carbonyl (C=O) groups excluding carboxylic acids is 2. The monoisotopic (exact) mass is 503 g/mol. The Labute approximate surface area is 206 Å². The molecule has 7 nitrogen and oxygen atoms in total. The van der Waals surface area contributed by atoms with Gasteiger partial charge in [-0.3, -0.25) is 9.59 Å². The summed E-state index contributed by atoms with van der Waals surface area (Å²) >= 11 is 13.5.